The van der Waals surface area contributed by atoms with Gasteiger partial charge in [-0.15, -0.1) is 0 Å². The predicted molar refractivity (Wildman–Crippen MR) is 66.1 cm³/mol. The van der Waals surface area contributed by atoms with Crippen molar-refractivity contribution in [2.24, 2.45) is 11.7 Å². The van der Waals surface area contributed by atoms with E-state index in [2.05, 4.69) is 4.90 Å². The highest BCUT2D eigenvalue weighted by Gasteiger charge is 2.33. The van der Waals surface area contributed by atoms with Gasteiger partial charge in [-0.25, -0.2) is 0 Å². The van der Waals surface area contributed by atoms with Crippen LogP contribution < -0.4 is 5.73 Å². The summed E-state index contributed by atoms with van der Waals surface area (Å²) in [6.07, 6.45) is 3.61. The number of carbonyl (C=O) groups is 1. The van der Waals surface area contributed by atoms with E-state index in [-0.39, 0.29) is 11.9 Å². The highest BCUT2D eigenvalue weighted by atomic mass is 16.2. The van der Waals surface area contributed by atoms with Gasteiger partial charge in [0.25, 0.3) is 0 Å². The number of hydrogen-bond donors (Lipinski definition) is 1. The van der Waals surface area contributed by atoms with Crippen LogP contribution in [0.1, 0.15) is 26.2 Å². The Morgan fingerprint density at radius 3 is 2.50 bits per heavy atom. The number of nitrogens with two attached hydrogens (primary N) is 1. The SMILES string of the molecule is CC(C(=O)N(C)C)N(C)C1CCCC1CN. The lowest BCUT2D eigenvalue weighted by Gasteiger charge is -2.34. The maximum Gasteiger partial charge on any atom is 0.239 e. The summed E-state index contributed by atoms with van der Waals surface area (Å²) < 4.78 is 0. The van der Waals surface area contributed by atoms with Crippen LogP contribution in [0.15, 0.2) is 0 Å². The molecule has 4 heteroatoms. The molecular weight excluding hydrogens is 202 g/mol. The van der Waals surface area contributed by atoms with E-state index in [1.165, 1.54) is 19.3 Å². The van der Waals surface area contributed by atoms with Crippen molar-refractivity contribution >= 4 is 5.91 Å². The summed E-state index contributed by atoms with van der Waals surface area (Å²) in [6.45, 7) is 2.71. The molecule has 94 valence electrons. The minimum absolute atomic E-state index is 0.0489. The van der Waals surface area contributed by atoms with Gasteiger partial charge in [0.2, 0.25) is 5.91 Å². The van der Waals surface area contributed by atoms with Crippen molar-refractivity contribution < 1.29 is 4.79 Å². The summed E-state index contributed by atoms with van der Waals surface area (Å²) >= 11 is 0. The Morgan fingerprint density at radius 1 is 1.38 bits per heavy atom. The zero-order chi connectivity index (χ0) is 12.3. The third kappa shape index (κ3) is 2.74. The molecule has 4 nitrogen and oxygen atoms in total. The molecule has 1 fully saturated rings. The quantitative estimate of drug-likeness (QED) is 0.762. The first kappa shape index (κ1) is 13.5. The van der Waals surface area contributed by atoms with E-state index in [1.54, 1.807) is 4.90 Å². The van der Waals surface area contributed by atoms with Crippen LogP contribution in [-0.4, -0.2) is 55.5 Å². The molecule has 0 saturated heterocycles. The fourth-order valence-corrected chi connectivity index (χ4v) is 2.66. The van der Waals surface area contributed by atoms with Crippen LogP contribution in [0.3, 0.4) is 0 Å². The molecule has 2 N–H and O–H groups in total. The van der Waals surface area contributed by atoms with E-state index in [9.17, 15) is 4.79 Å². The van der Waals surface area contributed by atoms with Crippen LogP contribution in [0.25, 0.3) is 0 Å². The number of hydrogen-bond acceptors (Lipinski definition) is 3. The average molecular weight is 227 g/mol. The molecule has 1 saturated carbocycles. The van der Waals surface area contributed by atoms with Gasteiger partial charge in [-0.2, -0.15) is 0 Å². The number of rotatable bonds is 4. The maximum absolute atomic E-state index is 11.9. The van der Waals surface area contributed by atoms with Gasteiger partial charge in [0.1, 0.15) is 0 Å². The lowest BCUT2D eigenvalue weighted by Crippen LogP contribution is -2.49. The molecule has 0 radical (unpaired) electrons. The molecule has 16 heavy (non-hydrogen) atoms. The van der Waals surface area contributed by atoms with E-state index in [4.69, 9.17) is 5.73 Å². The summed E-state index contributed by atoms with van der Waals surface area (Å²) in [5.74, 6) is 0.729. The number of nitrogens with zero attached hydrogens (tertiary/aromatic N) is 2. The number of carbonyl (C=O) groups excluding carboxylic acids is 1. The lowest BCUT2D eigenvalue weighted by molar-refractivity contribution is -0.134. The second-order valence-corrected chi connectivity index (χ2v) is 5.07. The molecule has 0 bridgehead atoms. The highest BCUT2D eigenvalue weighted by Crippen LogP contribution is 2.29. The molecule has 1 aliphatic rings. The summed E-state index contributed by atoms with van der Waals surface area (Å²) in [7, 11) is 5.66. The van der Waals surface area contributed by atoms with Crippen molar-refractivity contribution in [3.63, 3.8) is 0 Å². The summed E-state index contributed by atoms with van der Waals surface area (Å²) in [5, 5.41) is 0. The Balaban J connectivity index is 2.62. The van der Waals surface area contributed by atoms with E-state index in [0.717, 1.165) is 6.54 Å². The molecule has 1 aliphatic carbocycles. The van der Waals surface area contributed by atoms with Crippen molar-refractivity contribution in [3.8, 4) is 0 Å². The lowest BCUT2D eigenvalue weighted by atomic mass is 10.0. The summed E-state index contributed by atoms with van der Waals surface area (Å²) in [6, 6.07) is 0.427. The highest BCUT2D eigenvalue weighted by molar-refractivity contribution is 5.80. The van der Waals surface area contributed by atoms with Gasteiger partial charge in [-0.05, 0) is 39.3 Å². The number of amides is 1. The molecule has 1 amide bonds. The van der Waals surface area contributed by atoms with E-state index >= 15 is 0 Å². The molecule has 3 atom stereocenters. The molecular formula is C12H25N3O. The van der Waals surface area contributed by atoms with Crippen LogP contribution in [-0.2, 0) is 4.79 Å². The van der Waals surface area contributed by atoms with E-state index < -0.39 is 0 Å². The third-order valence-corrected chi connectivity index (χ3v) is 3.85. The van der Waals surface area contributed by atoms with Gasteiger partial charge in [0, 0.05) is 20.1 Å². The van der Waals surface area contributed by atoms with Gasteiger partial charge >= 0.3 is 0 Å². The maximum atomic E-state index is 11.9. The minimum Gasteiger partial charge on any atom is -0.347 e. The van der Waals surface area contributed by atoms with Crippen LogP contribution >= 0.6 is 0 Å². The number of likely N-dealkylation sites (N-methyl/N-ethyl adjacent to an activating group) is 2. The second kappa shape index (κ2) is 5.64. The van der Waals surface area contributed by atoms with Crippen molar-refractivity contribution in [2.45, 2.75) is 38.3 Å². The van der Waals surface area contributed by atoms with Gasteiger partial charge in [-0.3, -0.25) is 9.69 Å². The van der Waals surface area contributed by atoms with Crippen molar-refractivity contribution in [1.29, 1.82) is 0 Å². The van der Waals surface area contributed by atoms with Crippen LogP contribution in [0, 0.1) is 5.92 Å². The predicted octanol–water partition coefficient (Wildman–Crippen LogP) is 0.522. The smallest absolute Gasteiger partial charge is 0.239 e. The van der Waals surface area contributed by atoms with Gasteiger partial charge in [0.05, 0.1) is 6.04 Å². The largest absolute Gasteiger partial charge is 0.347 e. The second-order valence-electron chi connectivity index (χ2n) is 5.07. The summed E-state index contributed by atoms with van der Waals surface area (Å²) in [5.41, 5.74) is 5.78. The Hall–Kier alpha value is -0.610. The van der Waals surface area contributed by atoms with Crippen LogP contribution in [0.4, 0.5) is 0 Å². The first-order chi connectivity index (χ1) is 7.49. The monoisotopic (exact) mass is 227 g/mol. The van der Waals surface area contributed by atoms with E-state index in [1.807, 2.05) is 28.1 Å². The molecule has 0 aromatic carbocycles. The summed E-state index contributed by atoms with van der Waals surface area (Å²) in [4.78, 5) is 15.8. The molecule has 3 unspecified atom stereocenters. The molecule has 0 heterocycles. The molecule has 0 aliphatic heterocycles. The first-order valence-corrected chi connectivity index (χ1v) is 6.12. The van der Waals surface area contributed by atoms with Crippen LogP contribution in [0.5, 0.6) is 0 Å². The molecule has 0 aromatic rings. The molecule has 0 spiro atoms. The average Bonchev–Trinajstić information content (AvgIpc) is 2.73. The fourth-order valence-electron chi connectivity index (χ4n) is 2.66. The minimum atomic E-state index is -0.0489. The topological polar surface area (TPSA) is 49.6 Å². The van der Waals surface area contributed by atoms with Gasteiger partial charge < -0.3 is 10.6 Å². The third-order valence-electron chi connectivity index (χ3n) is 3.85. The van der Waals surface area contributed by atoms with Gasteiger partial charge in [0.15, 0.2) is 0 Å². The Bertz CT molecular complexity index is 242. The Morgan fingerprint density at radius 2 is 2.00 bits per heavy atom. The Kier molecular flexibility index (Phi) is 4.74. The van der Waals surface area contributed by atoms with Crippen molar-refractivity contribution in [1.82, 2.24) is 9.80 Å². The van der Waals surface area contributed by atoms with Crippen molar-refractivity contribution in [3.05, 3.63) is 0 Å². The zero-order valence-corrected chi connectivity index (χ0v) is 10.9. The normalized spacial score (nSPS) is 27.1. The van der Waals surface area contributed by atoms with Crippen LogP contribution in [0.2, 0.25) is 0 Å². The molecule has 1 rings (SSSR count). The Labute approximate surface area is 98.8 Å². The standard InChI is InChI=1S/C12H25N3O/c1-9(12(16)14(2)3)15(4)11-7-5-6-10(11)8-13/h9-11H,5-8,13H2,1-4H3. The van der Waals surface area contributed by atoms with Crippen molar-refractivity contribution in [2.75, 3.05) is 27.7 Å². The zero-order valence-electron chi connectivity index (χ0n) is 10.9. The first-order valence-electron chi connectivity index (χ1n) is 6.12. The fraction of sp³-hybridized carbons (Fsp3) is 0.917. The van der Waals surface area contributed by atoms with E-state index in [0.29, 0.717) is 12.0 Å². The van der Waals surface area contributed by atoms with Gasteiger partial charge in [-0.1, -0.05) is 6.42 Å². The molecule has 0 aromatic heterocycles.